The van der Waals surface area contributed by atoms with Crippen molar-refractivity contribution in [3.05, 3.63) is 96.3 Å². The van der Waals surface area contributed by atoms with Crippen LogP contribution in [-0.4, -0.2) is 15.4 Å². The Balaban J connectivity index is 1.85. The number of hydrogen-bond donors (Lipinski definition) is 1. The molecule has 0 aliphatic carbocycles. The number of carbonyl (C=O) groups excluding carboxylic acids is 1. The van der Waals surface area contributed by atoms with Crippen LogP contribution in [0.4, 0.5) is 5.69 Å². The Morgan fingerprint density at radius 2 is 1.42 bits per heavy atom. The van der Waals surface area contributed by atoms with Gasteiger partial charge in [0.25, 0.3) is 0 Å². The van der Waals surface area contributed by atoms with Crippen molar-refractivity contribution in [2.45, 2.75) is 0 Å². The van der Waals surface area contributed by atoms with E-state index in [0.717, 1.165) is 16.7 Å². The van der Waals surface area contributed by atoms with Crippen LogP contribution in [-0.2, 0) is 0 Å². The van der Waals surface area contributed by atoms with E-state index in [9.17, 15) is 4.79 Å². The summed E-state index contributed by atoms with van der Waals surface area (Å²) in [6.45, 7) is 0. The molecule has 0 aliphatic heterocycles. The molecule has 1 N–H and O–H groups in total. The van der Waals surface area contributed by atoms with Gasteiger partial charge in [-0.1, -0.05) is 60.7 Å². The maximum atomic E-state index is 12.9. The number of fused-ring (bicyclic) bond motifs is 1. The molecule has 0 atom stereocenters. The molecule has 4 heteroatoms. The van der Waals surface area contributed by atoms with Gasteiger partial charge in [0, 0.05) is 5.56 Å². The molecule has 0 radical (unpaired) electrons. The zero-order chi connectivity index (χ0) is 16.4. The van der Waals surface area contributed by atoms with Gasteiger partial charge in [-0.05, 0) is 24.3 Å². The zero-order valence-electron chi connectivity index (χ0n) is 12.9. The predicted octanol–water partition coefficient (Wildman–Crippen LogP) is 4.14. The van der Waals surface area contributed by atoms with Crippen LogP contribution in [0.25, 0.3) is 11.0 Å². The fraction of sp³-hybridized carbons (Fsp3) is 0. The van der Waals surface area contributed by atoms with Gasteiger partial charge in [0.05, 0.1) is 16.7 Å². The molecule has 0 unspecified atom stereocenters. The minimum atomic E-state index is -0.116. The minimum absolute atomic E-state index is 0.116. The predicted molar refractivity (Wildman–Crippen MR) is 95.1 cm³/mol. The average Bonchev–Trinajstić information content (AvgIpc) is 3.01. The van der Waals surface area contributed by atoms with Gasteiger partial charge in [-0.2, -0.15) is 0 Å². The molecule has 0 bridgehead atoms. The highest BCUT2D eigenvalue weighted by molar-refractivity contribution is 6.08. The molecule has 0 fully saturated rings. The maximum Gasteiger partial charge on any atom is 0.230 e. The number of nitrogens with one attached hydrogen (secondary N) is 1. The molecule has 0 saturated heterocycles. The lowest BCUT2D eigenvalue weighted by molar-refractivity contribution is 0.102. The van der Waals surface area contributed by atoms with Crippen molar-refractivity contribution in [1.82, 2.24) is 9.66 Å². The van der Waals surface area contributed by atoms with Crippen molar-refractivity contribution >= 4 is 22.5 Å². The van der Waals surface area contributed by atoms with Crippen molar-refractivity contribution in [1.29, 1.82) is 0 Å². The molecular weight excluding hydrogens is 298 g/mol. The lowest BCUT2D eigenvalue weighted by atomic mass is 10.1. The fourth-order valence-corrected chi connectivity index (χ4v) is 2.65. The molecule has 0 amide bonds. The van der Waals surface area contributed by atoms with Crippen LogP contribution < -0.4 is 5.43 Å². The number of nitrogens with zero attached hydrogens (tertiary/aromatic N) is 2. The van der Waals surface area contributed by atoms with Crippen molar-refractivity contribution < 1.29 is 4.79 Å². The van der Waals surface area contributed by atoms with E-state index in [1.54, 1.807) is 16.8 Å². The summed E-state index contributed by atoms with van der Waals surface area (Å²) in [5.41, 5.74) is 6.43. The molecular formula is C20H15N3O. The number of hydrogen-bond acceptors (Lipinski definition) is 3. The van der Waals surface area contributed by atoms with Gasteiger partial charge in [0.2, 0.25) is 11.6 Å². The number of benzene rings is 3. The van der Waals surface area contributed by atoms with E-state index in [1.165, 1.54) is 0 Å². The summed E-state index contributed by atoms with van der Waals surface area (Å²) in [5, 5.41) is 0. The average molecular weight is 313 g/mol. The fourth-order valence-electron chi connectivity index (χ4n) is 2.65. The summed E-state index contributed by atoms with van der Waals surface area (Å²) in [7, 11) is 0. The molecule has 3 aromatic carbocycles. The number of carbonyl (C=O) groups is 1. The molecule has 1 aromatic heterocycles. The zero-order valence-corrected chi connectivity index (χ0v) is 12.9. The van der Waals surface area contributed by atoms with Crippen molar-refractivity contribution in [3.63, 3.8) is 0 Å². The van der Waals surface area contributed by atoms with E-state index in [1.807, 2.05) is 72.8 Å². The number of aromatic nitrogens is 2. The van der Waals surface area contributed by atoms with E-state index in [0.29, 0.717) is 11.4 Å². The smallest absolute Gasteiger partial charge is 0.230 e. The van der Waals surface area contributed by atoms with Crippen molar-refractivity contribution in [2.75, 3.05) is 5.43 Å². The second-order valence-electron chi connectivity index (χ2n) is 5.43. The first-order valence-corrected chi connectivity index (χ1v) is 7.72. The van der Waals surface area contributed by atoms with Gasteiger partial charge in [0.1, 0.15) is 0 Å². The third-order valence-electron chi connectivity index (χ3n) is 3.81. The molecule has 0 spiro atoms. The van der Waals surface area contributed by atoms with E-state index < -0.39 is 0 Å². The largest absolute Gasteiger partial charge is 0.292 e. The highest BCUT2D eigenvalue weighted by Gasteiger charge is 2.19. The molecule has 0 saturated carbocycles. The number of ketones is 1. The minimum Gasteiger partial charge on any atom is -0.292 e. The number of anilines is 1. The second kappa shape index (κ2) is 6.01. The molecule has 4 aromatic rings. The van der Waals surface area contributed by atoms with Gasteiger partial charge in [-0.15, -0.1) is 0 Å². The normalized spacial score (nSPS) is 10.7. The topological polar surface area (TPSA) is 46.9 Å². The highest BCUT2D eigenvalue weighted by atomic mass is 16.1. The Morgan fingerprint density at radius 1 is 0.792 bits per heavy atom. The van der Waals surface area contributed by atoms with Gasteiger partial charge >= 0.3 is 0 Å². The van der Waals surface area contributed by atoms with Crippen LogP contribution in [0.3, 0.4) is 0 Å². The molecule has 24 heavy (non-hydrogen) atoms. The lowest BCUT2D eigenvalue weighted by Gasteiger charge is -2.11. The van der Waals surface area contributed by atoms with Crippen LogP contribution >= 0.6 is 0 Å². The second-order valence-corrected chi connectivity index (χ2v) is 5.43. The van der Waals surface area contributed by atoms with E-state index in [-0.39, 0.29) is 5.78 Å². The third-order valence-corrected chi connectivity index (χ3v) is 3.81. The van der Waals surface area contributed by atoms with Crippen LogP contribution in [0.15, 0.2) is 84.9 Å². The first-order valence-electron chi connectivity index (χ1n) is 7.72. The molecule has 0 aliphatic rings. The van der Waals surface area contributed by atoms with Crippen LogP contribution in [0.5, 0.6) is 0 Å². The first-order chi connectivity index (χ1) is 11.8. The molecule has 4 rings (SSSR count). The van der Waals surface area contributed by atoms with Crippen molar-refractivity contribution in [3.8, 4) is 0 Å². The summed E-state index contributed by atoms with van der Waals surface area (Å²) in [4.78, 5) is 17.4. The summed E-state index contributed by atoms with van der Waals surface area (Å²) in [6, 6.07) is 26.6. The first kappa shape index (κ1) is 14.2. The Hall–Kier alpha value is -3.40. The summed E-state index contributed by atoms with van der Waals surface area (Å²) in [6.07, 6.45) is 0. The Morgan fingerprint density at radius 3 is 2.17 bits per heavy atom. The van der Waals surface area contributed by atoms with Gasteiger partial charge < -0.3 is 0 Å². The Kier molecular flexibility index (Phi) is 3.56. The van der Waals surface area contributed by atoms with Gasteiger partial charge in [-0.25, -0.2) is 9.66 Å². The Labute approximate surface area is 139 Å². The molecule has 1 heterocycles. The van der Waals surface area contributed by atoms with Gasteiger partial charge in [-0.3, -0.25) is 10.2 Å². The van der Waals surface area contributed by atoms with Gasteiger partial charge in [0.15, 0.2) is 0 Å². The highest BCUT2D eigenvalue weighted by Crippen LogP contribution is 2.19. The standard InChI is InChI=1S/C20H15N3O/c24-19(15-9-3-1-4-10-15)20-21-17-13-7-8-14-18(17)23(20)22-16-11-5-2-6-12-16/h1-14,22H. The molecule has 116 valence electrons. The maximum absolute atomic E-state index is 12.9. The number of para-hydroxylation sites is 3. The summed E-state index contributed by atoms with van der Waals surface area (Å²) >= 11 is 0. The molecule has 4 nitrogen and oxygen atoms in total. The van der Waals surface area contributed by atoms with E-state index in [4.69, 9.17) is 0 Å². The van der Waals surface area contributed by atoms with Crippen LogP contribution in [0.1, 0.15) is 16.2 Å². The van der Waals surface area contributed by atoms with Crippen molar-refractivity contribution in [2.24, 2.45) is 0 Å². The lowest BCUT2D eigenvalue weighted by Crippen LogP contribution is -2.17. The Bertz CT molecular complexity index is 991. The number of imidazole rings is 1. The summed E-state index contributed by atoms with van der Waals surface area (Å²) in [5.74, 6) is 0.251. The summed E-state index contributed by atoms with van der Waals surface area (Å²) < 4.78 is 1.75. The third kappa shape index (κ3) is 2.54. The quantitative estimate of drug-likeness (QED) is 0.576. The SMILES string of the molecule is O=C(c1ccccc1)c1nc2ccccc2n1Nc1ccccc1. The van der Waals surface area contributed by atoms with E-state index >= 15 is 0 Å². The number of rotatable bonds is 4. The monoisotopic (exact) mass is 313 g/mol. The van der Waals surface area contributed by atoms with E-state index in [2.05, 4.69) is 10.4 Å². The van der Waals surface area contributed by atoms with Crippen LogP contribution in [0, 0.1) is 0 Å². The van der Waals surface area contributed by atoms with Crippen LogP contribution in [0.2, 0.25) is 0 Å².